The summed E-state index contributed by atoms with van der Waals surface area (Å²) >= 11 is 0. The van der Waals surface area contributed by atoms with Gasteiger partial charge in [0.15, 0.2) is 17.3 Å². The number of aromatic nitrogens is 3. The first kappa shape index (κ1) is 23.9. The Morgan fingerprint density at radius 3 is 2.32 bits per heavy atom. The first-order valence-corrected chi connectivity index (χ1v) is 11.7. The van der Waals surface area contributed by atoms with E-state index in [9.17, 15) is 4.79 Å². The highest BCUT2D eigenvalue weighted by atomic mass is 16.5. The Morgan fingerprint density at radius 1 is 0.892 bits per heavy atom. The van der Waals surface area contributed by atoms with Gasteiger partial charge in [-0.25, -0.2) is 4.68 Å². The second-order valence-corrected chi connectivity index (χ2v) is 8.37. The molecule has 0 radical (unpaired) electrons. The Labute approximate surface area is 214 Å². The molecule has 0 aliphatic carbocycles. The van der Waals surface area contributed by atoms with E-state index in [0.29, 0.717) is 51.5 Å². The van der Waals surface area contributed by atoms with Crippen molar-refractivity contribution in [3.05, 3.63) is 89.6 Å². The van der Waals surface area contributed by atoms with Gasteiger partial charge in [0.1, 0.15) is 11.8 Å². The monoisotopic (exact) mass is 497 g/mol. The molecule has 2 heterocycles. The zero-order valence-corrected chi connectivity index (χ0v) is 21.0. The fourth-order valence-electron chi connectivity index (χ4n) is 4.51. The van der Waals surface area contributed by atoms with Gasteiger partial charge in [-0.3, -0.25) is 4.79 Å². The second kappa shape index (κ2) is 10.1. The van der Waals surface area contributed by atoms with Gasteiger partial charge < -0.3 is 24.8 Å². The molecule has 37 heavy (non-hydrogen) atoms. The Kier molecular flexibility index (Phi) is 6.51. The van der Waals surface area contributed by atoms with Gasteiger partial charge in [-0.15, -0.1) is 5.10 Å². The largest absolute Gasteiger partial charge is 0.495 e. The highest BCUT2D eigenvalue weighted by molar-refractivity contribution is 6.06. The minimum Gasteiger partial charge on any atom is -0.495 e. The van der Waals surface area contributed by atoms with Crippen molar-refractivity contribution >= 4 is 17.5 Å². The lowest BCUT2D eigenvalue weighted by Crippen LogP contribution is -2.32. The third kappa shape index (κ3) is 4.35. The van der Waals surface area contributed by atoms with Crippen molar-refractivity contribution in [3.63, 3.8) is 0 Å². The van der Waals surface area contributed by atoms with Crippen LogP contribution in [0.5, 0.6) is 17.2 Å². The highest BCUT2D eigenvalue weighted by Crippen LogP contribution is 2.43. The standard InChI is InChI=1S/C28H27N5O4/c1-17-23(27(34)30-20-14-8-9-15-21(20)35-2)24(19-13-10-16-22(36-3)25(19)37-4)33-28(29-17)31-26(32-33)18-11-6-5-7-12-18/h5-16,24H,1-4H3,(H,30,34)(H,29,31,32). The molecule has 9 nitrogen and oxygen atoms in total. The smallest absolute Gasteiger partial charge is 0.255 e. The van der Waals surface area contributed by atoms with Crippen molar-refractivity contribution in [1.29, 1.82) is 0 Å². The average molecular weight is 498 g/mol. The SMILES string of the molecule is COc1ccccc1NC(=O)C1=C(C)Nc2nc(-c3ccccc3)nn2C1c1cccc(OC)c1OC. The highest BCUT2D eigenvalue weighted by Gasteiger charge is 2.37. The molecule has 1 aliphatic rings. The fraction of sp³-hybridized carbons (Fsp3) is 0.179. The number of para-hydroxylation sites is 3. The number of allylic oxidation sites excluding steroid dienone is 1. The van der Waals surface area contributed by atoms with Crippen molar-refractivity contribution in [2.45, 2.75) is 13.0 Å². The summed E-state index contributed by atoms with van der Waals surface area (Å²) in [6, 6.07) is 21.9. The van der Waals surface area contributed by atoms with Crippen LogP contribution in [0.1, 0.15) is 18.5 Å². The maximum atomic E-state index is 13.9. The molecule has 1 unspecified atom stereocenters. The van der Waals surface area contributed by atoms with E-state index in [-0.39, 0.29) is 5.91 Å². The zero-order chi connectivity index (χ0) is 25.9. The second-order valence-electron chi connectivity index (χ2n) is 8.37. The molecule has 1 aromatic heterocycles. The molecule has 4 aromatic rings. The third-order valence-electron chi connectivity index (χ3n) is 6.21. The Morgan fingerprint density at radius 2 is 1.59 bits per heavy atom. The van der Waals surface area contributed by atoms with Gasteiger partial charge in [0.25, 0.3) is 5.91 Å². The van der Waals surface area contributed by atoms with Gasteiger partial charge in [0.2, 0.25) is 5.95 Å². The molecule has 0 spiro atoms. The summed E-state index contributed by atoms with van der Waals surface area (Å²) in [7, 11) is 4.72. The minimum absolute atomic E-state index is 0.313. The van der Waals surface area contributed by atoms with Gasteiger partial charge in [-0.1, -0.05) is 54.6 Å². The van der Waals surface area contributed by atoms with Crippen molar-refractivity contribution in [3.8, 4) is 28.6 Å². The number of amides is 1. The van der Waals surface area contributed by atoms with Crippen LogP contribution in [-0.4, -0.2) is 42.0 Å². The molecule has 188 valence electrons. The van der Waals surface area contributed by atoms with Crippen LogP contribution in [0.25, 0.3) is 11.4 Å². The molecule has 1 aliphatic heterocycles. The summed E-state index contributed by atoms with van der Waals surface area (Å²) in [5.74, 6) is 2.35. The number of rotatable bonds is 7. The number of anilines is 2. The number of methoxy groups -OCH3 is 3. The van der Waals surface area contributed by atoms with Crippen LogP contribution in [0, 0.1) is 0 Å². The Balaban J connectivity index is 1.67. The fourth-order valence-corrected chi connectivity index (χ4v) is 4.51. The van der Waals surface area contributed by atoms with Crippen LogP contribution in [0.3, 0.4) is 0 Å². The number of carbonyl (C=O) groups is 1. The maximum Gasteiger partial charge on any atom is 0.255 e. The number of hydrogen-bond acceptors (Lipinski definition) is 7. The number of benzene rings is 3. The van der Waals surface area contributed by atoms with Gasteiger partial charge in [0, 0.05) is 16.8 Å². The molecule has 5 rings (SSSR count). The lowest BCUT2D eigenvalue weighted by atomic mass is 9.94. The number of hydrogen-bond donors (Lipinski definition) is 2. The number of ether oxygens (including phenoxy) is 3. The Hall–Kier alpha value is -4.79. The minimum atomic E-state index is -0.652. The van der Waals surface area contributed by atoms with E-state index in [0.717, 1.165) is 5.56 Å². The number of nitrogens with zero attached hydrogens (tertiary/aromatic N) is 3. The van der Waals surface area contributed by atoms with E-state index < -0.39 is 6.04 Å². The summed E-state index contributed by atoms with van der Waals surface area (Å²) < 4.78 is 18.5. The topological polar surface area (TPSA) is 99.5 Å². The first-order chi connectivity index (χ1) is 18.0. The van der Waals surface area contributed by atoms with Crippen LogP contribution < -0.4 is 24.8 Å². The predicted molar refractivity (Wildman–Crippen MR) is 141 cm³/mol. The zero-order valence-electron chi connectivity index (χ0n) is 21.0. The molecule has 3 aromatic carbocycles. The lowest BCUT2D eigenvalue weighted by Gasteiger charge is -2.30. The molecule has 0 saturated carbocycles. The van der Waals surface area contributed by atoms with E-state index in [4.69, 9.17) is 24.3 Å². The predicted octanol–water partition coefficient (Wildman–Crippen LogP) is 4.90. The van der Waals surface area contributed by atoms with Crippen LogP contribution >= 0.6 is 0 Å². The normalized spacial score (nSPS) is 14.4. The van der Waals surface area contributed by atoms with Crippen LogP contribution in [0.2, 0.25) is 0 Å². The van der Waals surface area contributed by atoms with Gasteiger partial charge >= 0.3 is 0 Å². The summed E-state index contributed by atoms with van der Waals surface area (Å²) in [6.45, 7) is 1.84. The molecule has 0 fully saturated rings. The number of nitrogens with one attached hydrogen (secondary N) is 2. The maximum absolute atomic E-state index is 13.9. The summed E-state index contributed by atoms with van der Waals surface area (Å²) in [5, 5.41) is 11.1. The van der Waals surface area contributed by atoms with Crippen molar-refractivity contribution < 1.29 is 19.0 Å². The first-order valence-electron chi connectivity index (χ1n) is 11.7. The van der Waals surface area contributed by atoms with Crippen molar-refractivity contribution in [2.24, 2.45) is 0 Å². The molecular weight excluding hydrogens is 470 g/mol. The molecular formula is C28H27N5O4. The molecule has 9 heteroatoms. The van der Waals surface area contributed by atoms with E-state index in [2.05, 4.69) is 10.6 Å². The van der Waals surface area contributed by atoms with Crippen LogP contribution in [-0.2, 0) is 4.79 Å². The molecule has 0 bridgehead atoms. The van der Waals surface area contributed by atoms with Crippen LogP contribution in [0.15, 0.2) is 84.1 Å². The number of carbonyl (C=O) groups excluding carboxylic acids is 1. The van der Waals surface area contributed by atoms with Crippen LogP contribution in [0.4, 0.5) is 11.6 Å². The molecule has 2 N–H and O–H groups in total. The van der Waals surface area contributed by atoms with Gasteiger partial charge in [-0.05, 0) is 25.1 Å². The van der Waals surface area contributed by atoms with E-state index in [1.165, 1.54) is 0 Å². The van der Waals surface area contributed by atoms with E-state index in [1.54, 1.807) is 38.1 Å². The summed E-state index contributed by atoms with van der Waals surface area (Å²) in [6.07, 6.45) is 0. The number of fused-ring (bicyclic) bond motifs is 1. The van der Waals surface area contributed by atoms with Gasteiger partial charge in [-0.2, -0.15) is 4.98 Å². The average Bonchev–Trinajstić information content (AvgIpc) is 3.36. The van der Waals surface area contributed by atoms with Crippen molar-refractivity contribution in [1.82, 2.24) is 14.8 Å². The van der Waals surface area contributed by atoms with E-state index in [1.807, 2.05) is 67.6 Å². The lowest BCUT2D eigenvalue weighted by molar-refractivity contribution is -0.113. The molecule has 1 atom stereocenters. The molecule has 0 saturated heterocycles. The van der Waals surface area contributed by atoms with E-state index >= 15 is 0 Å². The van der Waals surface area contributed by atoms with Crippen molar-refractivity contribution in [2.75, 3.05) is 32.0 Å². The quantitative estimate of drug-likeness (QED) is 0.375. The molecule has 1 amide bonds. The summed E-state index contributed by atoms with van der Waals surface area (Å²) in [5.41, 5.74) is 3.22. The van der Waals surface area contributed by atoms with Gasteiger partial charge in [0.05, 0.1) is 32.6 Å². The third-order valence-corrected chi connectivity index (χ3v) is 6.21. The Bertz CT molecular complexity index is 1480. The summed E-state index contributed by atoms with van der Waals surface area (Å²) in [4.78, 5) is 18.6.